The summed E-state index contributed by atoms with van der Waals surface area (Å²) in [5, 5.41) is 0. The molecule has 0 heterocycles. The van der Waals surface area contributed by atoms with Crippen LogP contribution < -0.4 is 9.42 Å². The molecular weight excluding hydrogens is 306 g/mol. The lowest BCUT2D eigenvalue weighted by Gasteiger charge is -2.16. The average molecular weight is 313 g/mol. The fourth-order valence-corrected chi connectivity index (χ4v) is 1.67. The molecule has 13 heavy (non-hydrogen) atoms. The molecular formula is C7H7IO4P-. The minimum atomic E-state index is -4.66. The molecule has 1 atom stereocenters. The van der Waals surface area contributed by atoms with Crippen LogP contribution in [0.2, 0.25) is 0 Å². The van der Waals surface area contributed by atoms with Crippen molar-refractivity contribution < 1.29 is 18.9 Å². The van der Waals surface area contributed by atoms with Crippen molar-refractivity contribution in [1.82, 2.24) is 0 Å². The smallest absolute Gasteiger partial charge is 0.317 e. The molecule has 0 aliphatic carbocycles. The second-order valence-electron chi connectivity index (χ2n) is 2.34. The summed E-state index contributed by atoms with van der Waals surface area (Å²) in [6.45, 7) is 0. The fourth-order valence-electron chi connectivity index (χ4n) is 0.773. The molecule has 6 heteroatoms. The number of phosphoric acid groups is 1. The molecule has 0 spiro atoms. The number of rotatable bonds is 3. The van der Waals surface area contributed by atoms with Gasteiger partial charge in [-0.15, -0.1) is 0 Å². The molecule has 0 aromatic heterocycles. The number of hydrogen-bond donors (Lipinski definition) is 1. The van der Waals surface area contributed by atoms with Gasteiger partial charge in [-0.05, 0) is 17.7 Å². The van der Waals surface area contributed by atoms with E-state index >= 15 is 0 Å². The maximum absolute atomic E-state index is 10.3. The second kappa shape index (κ2) is 4.41. The van der Waals surface area contributed by atoms with E-state index in [0.717, 1.165) is 9.99 Å². The third-order valence-electron chi connectivity index (χ3n) is 1.30. The largest absolute Gasteiger partial charge is 0.746 e. The van der Waals surface area contributed by atoms with Crippen molar-refractivity contribution in [2.45, 2.75) is 4.43 Å². The molecule has 4 nitrogen and oxygen atoms in total. The predicted octanol–water partition coefficient (Wildman–Crippen LogP) is 1.46. The molecule has 0 aliphatic rings. The number of hydrogen-bond acceptors (Lipinski definition) is 3. The minimum absolute atomic E-state index is 0.120. The van der Waals surface area contributed by atoms with Gasteiger partial charge in [0.2, 0.25) is 0 Å². The Hall–Kier alpha value is -0.100. The van der Waals surface area contributed by atoms with E-state index < -0.39 is 7.82 Å². The molecule has 0 saturated heterocycles. The van der Waals surface area contributed by atoms with Gasteiger partial charge in [0.05, 0.1) is 0 Å². The predicted molar refractivity (Wildman–Crippen MR) is 54.6 cm³/mol. The molecule has 1 rings (SSSR count). The highest BCUT2D eigenvalue weighted by Gasteiger charge is 2.03. The average Bonchev–Trinajstić information content (AvgIpc) is 2.03. The van der Waals surface area contributed by atoms with Gasteiger partial charge in [0.15, 0.2) is 0 Å². The molecule has 72 valence electrons. The summed E-state index contributed by atoms with van der Waals surface area (Å²) in [5.41, 5.74) is 1.06. The van der Waals surface area contributed by atoms with Gasteiger partial charge in [0.1, 0.15) is 5.75 Å². The van der Waals surface area contributed by atoms with Crippen LogP contribution in [0, 0.1) is 0 Å². The first-order chi connectivity index (χ1) is 6.01. The SMILES string of the molecule is O=P([O-])(O)Oc1ccc(CI)cc1. The number of phosphoric ester groups is 1. The van der Waals surface area contributed by atoms with Gasteiger partial charge in [-0.25, -0.2) is 0 Å². The molecule has 1 unspecified atom stereocenters. The molecule has 0 fully saturated rings. The maximum atomic E-state index is 10.3. The van der Waals surface area contributed by atoms with Crippen LogP contribution in [-0.4, -0.2) is 4.89 Å². The zero-order chi connectivity index (χ0) is 9.90. The molecule has 0 radical (unpaired) electrons. The Morgan fingerprint density at radius 1 is 1.46 bits per heavy atom. The van der Waals surface area contributed by atoms with E-state index in [1.807, 2.05) is 0 Å². The molecule has 0 amide bonds. The zero-order valence-electron chi connectivity index (χ0n) is 6.51. The highest BCUT2D eigenvalue weighted by Crippen LogP contribution is 2.33. The molecule has 0 saturated carbocycles. The molecule has 1 N–H and O–H groups in total. The Morgan fingerprint density at radius 3 is 2.38 bits per heavy atom. The number of halogens is 1. The Balaban J connectivity index is 2.76. The monoisotopic (exact) mass is 313 g/mol. The van der Waals surface area contributed by atoms with Crippen molar-refractivity contribution in [1.29, 1.82) is 0 Å². The number of benzene rings is 1. The minimum Gasteiger partial charge on any atom is -0.746 e. The fraction of sp³-hybridized carbons (Fsp3) is 0.143. The van der Waals surface area contributed by atoms with Crippen LogP contribution in [0.4, 0.5) is 0 Å². The van der Waals surface area contributed by atoms with Gasteiger partial charge in [-0.1, -0.05) is 34.7 Å². The zero-order valence-corrected chi connectivity index (χ0v) is 9.57. The standard InChI is InChI=1S/C7H8IO4P/c8-5-6-1-3-7(4-2-6)12-13(9,10)11/h1-4H,5H2,(H2,9,10,11)/p-1. The Morgan fingerprint density at radius 2 is 2.00 bits per heavy atom. The van der Waals surface area contributed by atoms with Crippen molar-refractivity contribution in [3.63, 3.8) is 0 Å². The van der Waals surface area contributed by atoms with Crippen molar-refractivity contribution >= 4 is 30.4 Å². The van der Waals surface area contributed by atoms with Gasteiger partial charge in [0.25, 0.3) is 0 Å². The van der Waals surface area contributed by atoms with E-state index in [-0.39, 0.29) is 5.75 Å². The van der Waals surface area contributed by atoms with Crippen LogP contribution in [0.5, 0.6) is 5.75 Å². The van der Waals surface area contributed by atoms with E-state index in [1.54, 1.807) is 12.1 Å². The van der Waals surface area contributed by atoms with Crippen LogP contribution in [0.3, 0.4) is 0 Å². The molecule has 0 bridgehead atoms. The summed E-state index contributed by atoms with van der Waals surface area (Å²) in [5.74, 6) is 0.120. The highest BCUT2D eigenvalue weighted by molar-refractivity contribution is 14.1. The van der Waals surface area contributed by atoms with E-state index in [9.17, 15) is 9.46 Å². The van der Waals surface area contributed by atoms with E-state index in [0.29, 0.717) is 0 Å². The van der Waals surface area contributed by atoms with Gasteiger partial charge >= 0.3 is 7.82 Å². The summed E-state index contributed by atoms with van der Waals surface area (Å²) in [7, 11) is -4.66. The van der Waals surface area contributed by atoms with Crippen LogP contribution in [0.1, 0.15) is 5.56 Å². The van der Waals surface area contributed by atoms with E-state index in [2.05, 4.69) is 27.1 Å². The van der Waals surface area contributed by atoms with Crippen molar-refractivity contribution in [3.05, 3.63) is 29.8 Å². The summed E-state index contributed by atoms with van der Waals surface area (Å²) < 4.78 is 15.4. The van der Waals surface area contributed by atoms with Crippen molar-refractivity contribution in [2.24, 2.45) is 0 Å². The van der Waals surface area contributed by atoms with Crippen LogP contribution in [0.25, 0.3) is 0 Å². The Labute approximate surface area is 89.3 Å². The Kier molecular flexibility index (Phi) is 3.73. The first-order valence-electron chi connectivity index (χ1n) is 3.39. The number of alkyl halides is 1. The van der Waals surface area contributed by atoms with E-state index in [1.165, 1.54) is 12.1 Å². The highest BCUT2D eigenvalue weighted by atomic mass is 127. The molecule has 1 aromatic carbocycles. The van der Waals surface area contributed by atoms with Crippen LogP contribution in [-0.2, 0) is 8.99 Å². The first kappa shape index (κ1) is 11.0. The second-order valence-corrected chi connectivity index (χ2v) is 4.22. The Bertz CT molecular complexity index is 318. The lowest BCUT2D eigenvalue weighted by atomic mass is 10.2. The van der Waals surface area contributed by atoms with Crippen molar-refractivity contribution in [3.8, 4) is 5.75 Å². The molecule has 1 aromatic rings. The quantitative estimate of drug-likeness (QED) is 0.521. The lowest BCUT2D eigenvalue weighted by molar-refractivity contribution is -0.211. The lowest BCUT2D eigenvalue weighted by Crippen LogP contribution is -2.05. The summed E-state index contributed by atoms with van der Waals surface area (Å²) in [4.78, 5) is 18.7. The third-order valence-corrected chi connectivity index (χ3v) is 2.62. The maximum Gasteiger partial charge on any atom is 0.317 e. The van der Waals surface area contributed by atoms with Gasteiger partial charge in [-0.3, -0.25) is 4.57 Å². The van der Waals surface area contributed by atoms with Crippen LogP contribution in [0.15, 0.2) is 24.3 Å². The van der Waals surface area contributed by atoms with Gasteiger partial charge < -0.3 is 14.3 Å². The van der Waals surface area contributed by atoms with E-state index in [4.69, 9.17) is 4.89 Å². The third kappa shape index (κ3) is 4.08. The van der Waals surface area contributed by atoms with Crippen LogP contribution >= 0.6 is 30.4 Å². The van der Waals surface area contributed by atoms with Gasteiger partial charge in [-0.2, -0.15) is 0 Å². The summed E-state index contributed by atoms with van der Waals surface area (Å²) in [6.07, 6.45) is 0. The summed E-state index contributed by atoms with van der Waals surface area (Å²) in [6, 6.07) is 6.46. The first-order valence-corrected chi connectivity index (χ1v) is 6.42. The van der Waals surface area contributed by atoms with Gasteiger partial charge in [0, 0.05) is 4.43 Å². The topological polar surface area (TPSA) is 69.6 Å². The van der Waals surface area contributed by atoms with Crippen molar-refractivity contribution in [2.75, 3.05) is 0 Å². The molecule has 0 aliphatic heterocycles. The summed E-state index contributed by atoms with van der Waals surface area (Å²) >= 11 is 2.19. The normalized spacial score (nSPS) is 15.0.